The number of aliphatic hydroxyl groups excluding tert-OH is 1. The Balaban J connectivity index is 1.28. The first kappa shape index (κ1) is 22.5. The van der Waals surface area contributed by atoms with Crippen LogP contribution < -0.4 is 5.32 Å². The Morgan fingerprint density at radius 3 is 2.58 bits per heavy atom. The highest BCUT2D eigenvalue weighted by Crippen LogP contribution is 2.45. The van der Waals surface area contributed by atoms with Gasteiger partial charge in [-0.15, -0.1) is 11.3 Å². The number of β-amino-alcohol motifs (C(OH)–C–C–N with tert-alkyl or cyclic N) is 1. The van der Waals surface area contributed by atoms with E-state index < -0.39 is 6.10 Å². The maximum absolute atomic E-state index is 10.6. The van der Waals surface area contributed by atoms with Crippen LogP contribution in [0.1, 0.15) is 55.0 Å². The Morgan fingerprint density at radius 1 is 1.10 bits per heavy atom. The minimum Gasteiger partial charge on any atom is -0.389 e. The Labute approximate surface area is 190 Å². The van der Waals surface area contributed by atoms with E-state index in [2.05, 4.69) is 80.7 Å². The summed E-state index contributed by atoms with van der Waals surface area (Å²) in [5.74, 6) is 0.618. The zero-order valence-electron chi connectivity index (χ0n) is 18.9. The number of hydrogen-bond acceptors (Lipinski definition) is 4. The van der Waals surface area contributed by atoms with E-state index in [1.54, 1.807) is 0 Å². The van der Waals surface area contributed by atoms with Gasteiger partial charge in [0.05, 0.1) is 18.8 Å². The van der Waals surface area contributed by atoms with Crippen molar-refractivity contribution in [1.29, 1.82) is 0 Å². The van der Waals surface area contributed by atoms with E-state index in [9.17, 15) is 5.11 Å². The lowest BCUT2D eigenvalue weighted by molar-refractivity contribution is -0.0196. The predicted molar refractivity (Wildman–Crippen MR) is 131 cm³/mol. The van der Waals surface area contributed by atoms with Gasteiger partial charge in [-0.2, -0.15) is 0 Å². The third-order valence-corrected chi connectivity index (χ3v) is 7.40. The molecule has 2 aromatic carbocycles. The van der Waals surface area contributed by atoms with E-state index in [4.69, 9.17) is 4.74 Å². The summed E-state index contributed by atoms with van der Waals surface area (Å²) in [6, 6.07) is 19.6. The van der Waals surface area contributed by atoms with Crippen molar-refractivity contribution >= 4 is 22.1 Å². The highest BCUT2D eigenvalue weighted by Gasteiger charge is 2.34. The fraction of sp³-hybridized carbons (Fsp3) is 0.481. The third-order valence-electron chi connectivity index (χ3n) is 6.11. The molecule has 0 amide bonds. The number of thiophene rings is 1. The molecule has 4 heteroatoms. The second kappa shape index (κ2) is 9.83. The van der Waals surface area contributed by atoms with Crippen LogP contribution in [0.5, 0.6) is 0 Å². The molecule has 0 saturated heterocycles. The van der Waals surface area contributed by atoms with Crippen LogP contribution in [-0.4, -0.2) is 29.9 Å². The molecule has 2 N–H and O–H groups in total. The molecule has 3 nitrogen and oxygen atoms in total. The second-order valence-corrected chi connectivity index (χ2v) is 10.7. The number of aryl methyl sites for hydroxylation is 1. The average molecular weight is 438 g/mol. The van der Waals surface area contributed by atoms with Crippen molar-refractivity contribution < 1.29 is 9.84 Å². The van der Waals surface area contributed by atoms with Crippen LogP contribution in [0.15, 0.2) is 54.6 Å². The second-order valence-electron chi connectivity index (χ2n) is 9.53. The van der Waals surface area contributed by atoms with Crippen LogP contribution in [0.3, 0.4) is 0 Å². The van der Waals surface area contributed by atoms with E-state index in [1.165, 1.54) is 38.9 Å². The summed E-state index contributed by atoms with van der Waals surface area (Å²) in [6.07, 6.45) is 4.08. The normalized spacial score (nSPS) is 16.5. The highest BCUT2D eigenvalue weighted by atomic mass is 32.1. The topological polar surface area (TPSA) is 41.5 Å². The predicted octanol–water partition coefficient (Wildman–Crippen LogP) is 5.90. The molecular weight excluding hydrogens is 402 g/mol. The highest BCUT2D eigenvalue weighted by molar-refractivity contribution is 7.12. The number of rotatable bonds is 11. The van der Waals surface area contributed by atoms with Crippen LogP contribution in [0.2, 0.25) is 0 Å². The summed E-state index contributed by atoms with van der Waals surface area (Å²) in [6.45, 7) is 7.49. The van der Waals surface area contributed by atoms with E-state index in [-0.39, 0.29) is 11.6 Å². The fourth-order valence-electron chi connectivity index (χ4n) is 4.18. The molecule has 2 atom stereocenters. The Morgan fingerprint density at radius 2 is 1.87 bits per heavy atom. The maximum Gasteiger partial charge on any atom is 0.0946 e. The van der Waals surface area contributed by atoms with Crippen molar-refractivity contribution in [3.8, 4) is 0 Å². The monoisotopic (exact) mass is 437 g/mol. The van der Waals surface area contributed by atoms with E-state index in [0.717, 1.165) is 12.8 Å². The standard InChI is InChI=1S/C27H35NO2S/c1-4-24-13-14-25(31-24)26(21-11-12-21)30-18-23(29)17-28-27(2,3)16-19-9-10-20-7-5-6-8-22(20)15-19/h5-10,13-15,21,23,26,28-29H,4,11-12,16-18H2,1-3H3/t23-,26?/m1/s1. The molecule has 3 aromatic rings. The molecule has 1 aliphatic carbocycles. The molecule has 1 unspecified atom stereocenters. The molecule has 1 fully saturated rings. The van der Waals surface area contributed by atoms with Gasteiger partial charge in [0.2, 0.25) is 0 Å². The molecule has 0 aliphatic heterocycles. The van der Waals surface area contributed by atoms with E-state index >= 15 is 0 Å². The molecule has 0 bridgehead atoms. The number of aliphatic hydroxyl groups is 1. The van der Waals surface area contributed by atoms with Gasteiger partial charge in [-0.3, -0.25) is 0 Å². The van der Waals surface area contributed by atoms with Gasteiger partial charge in [0.15, 0.2) is 0 Å². The van der Waals surface area contributed by atoms with Gasteiger partial charge in [-0.25, -0.2) is 0 Å². The average Bonchev–Trinajstić information content (AvgIpc) is 3.48. The summed E-state index contributed by atoms with van der Waals surface area (Å²) < 4.78 is 6.22. The van der Waals surface area contributed by atoms with Gasteiger partial charge in [0.25, 0.3) is 0 Å². The quantitative estimate of drug-likeness (QED) is 0.392. The fourth-order valence-corrected chi connectivity index (χ4v) is 5.27. The van der Waals surface area contributed by atoms with Crippen LogP contribution in [-0.2, 0) is 17.6 Å². The number of fused-ring (bicyclic) bond motifs is 1. The third kappa shape index (κ3) is 6.17. The molecule has 1 saturated carbocycles. The van der Waals surface area contributed by atoms with Crippen molar-refractivity contribution in [2.24, 2.45) is 5.92 Å². The van der Waals surface area contributed by atoms with Gasteiger partial charge < -0.3 is 15.2 Å². The van der Waals surface area contributed by atoms with Crippen molar-refractivity contribution in [3.05, 3.63) is 69.9 Å². The van der Waals surface area contributed by atoms with Crippen LogP contribution in [0.4, 0.5) is 0 Å². The van der Waals surface area contributed by atoms with Gasteiger partial charge in [0, 0.05) is 21.8 Å². The Bertz CT molecular complexity index is 992. The van der Waals surface area contributed by atoms with Crippen LogP contribution in [0, 0.1) is 5.92 Å². The molecule has 1 aliphatic rings. The van der Waals surface area contributed by atoms with Gasteiger partial charge in [0.1, 0.15) is 0 Å². The van der Waals surface area contributed by atoms with Gasteiger partial charge >= 0.3 is 0 Å². The molecule has 4 rings (SSSR count). The summed E-state index contributed by atoms with van der Waals surface area (Å²) in [4.78, 5) is 2.72. The first-order chi connectivity index (χ1) is 14.9. The van der Waals surface area contributed by atoms with E-state index in [0.29, 0.717) is 19.1 Å². The number of hydrogen-bond donors (Lipinski definition) is 2. The minimum atomic E-state index is -0.511. The molecule has 1 aromatic heterocycles. The van der Waals surface area contributed by atoms with Gasteiger partial charge in [-0.05, 0) is 73.9 Å². The molecular formula is C27H35NO2S. The van der Waals surface area contributed by atoms with Gasteiger partial charge in [-0.1, -0.05) is 49.4 Å². The molecule has 166 valence electrons. The molecule has 0 radical (unpaired) electrons. The Kier molecular flexibility index (Phi) is 7.12. The summed E-state index contributed by atoms with van der Waals surface area (Å²) in [5, 5.41) is 16.7. The molecule has 1 heterocycles. The lowest BCUT2D eigenvalue weighted by atomic mass is 9.93. The first-order valence-electron chi connectivity index (χ1n) is 11.5. The van der Waals surface area contributed by atoms with Crippen molar-refractivity contribution in [2.45, 2.75) is 64.2 Å². The van der Waals surface area contributed by atoms with Crippen LogP contribution in [0.25, 0.3) is 10.8 Å². The SMILES string of the molecule is CCc1ccc(C(OC[C@H](O)CNC(C)(C)Cc2ccc3ccccc3c2)C2CC2)s1. The maximum atomic E-state index is 10.6. The smallest absolute Gasteiger partial charge is 0.0946 e. The number of nitrogens with one attached hydrogen (secondary N) is 1. The minimum absolute atomic E-state index is 0.108. The summed E-state index contributed by atoms with van der Waals surface area (Å²) in [7, 11) is 0. The Hall–Kier alpha value is -1.72. The van der Waals surface area contributed by atoms with Crippen molar-refractivity contribution in [3.63, 3.8) is 0 Å². The van der Waals surface area contributed by atoms with Crippen molar-refractivity contribution in [1.82, 2.24) is 5.32 Å². The lowest BCUT2D eigenvalue weighted by Gasteiger charge is -2.28. The lowest BCUT2D eigenvalue weighted by Crippen LogP contribution is -2.46. The summed E-state index contributed by atoms with van der Waals surface area (Å²) >= 11 is 1.86. The number of ether oxygens (including phenoxy) is 1. The largest absolute Gasteiger partial charge is 0.389 e. The number of benzene rings is 2. The first-order valence-corrected chi connectivity index (χ1v) is 12.4. The summed E-state index contributed by atoms with van der Waals surface area (Å²) in [5.41, 5.74) is 1.20. The molecule has 31 heavy (non-hydrogen) atoms. The zero-order chi connectivity index (χ0) is 21.8. The van der Waals surface area contributed by atoms with E-state index in [1.807, 2.05) is 11.3 Å². The zero-order valence-corrected chi connectivity index (χ0v) is 19.8. The molecule has 0 spiro atoms. The van der Waals surface area contributed by atoms with Crippen LogP contribution >= 0.6 is 11.3 Å². The van der Waals surface area contributed by atoms with Crippen molar-refractivity contribution in [2.75, 3.05) is 13.2 Å².